The van der Waals surface area contributed by atoms with Crippen LogP contribution in [0.25, 0.3) is 21.8 Å². The average molecular weight is 529 g/mol. The molecule has 5 rings (SSSR count). The van der Waals surface area contributed by atoms with E-state index in [0.717, 1.165) is 23.6 Å². The summed E-state index contributed by atoms with van der Waals surface area (Å²) in [6.45, 7) is 7.14. The Kier molecular flexibility index (Phi) is 7.19. The SMILES string of the molecule is CC(C)(C)OC(=O)N1CCCC(CNC(=O)c2cccc3[nH]c(NC(=O)c4cc5ccccc5cn4)nc23)C1. The third kappa shape index (κ3) is 6.17. The number of amides is 3. The fourth-order valence-electron chi connectivity index (χ4n) is 4.71. The molecule has 202 valence electrons. The molecule has 2 aromatic heterocycles. The summed E-state index contributed by atoms with van der Waals surface area (Å²) in [5.41, 5.74) is 1.19. The van der Waals surface area contributed by atoms with Crippen molar-refractivity contribution in [3.63, 3.8) is 0 Å². The second kappa shape index (κ2) is 10.7. The number of likely N-dealkylation sites (tertiary alicyclic amines) is 1. The van der Waals surface area contributed by atoms with Crippen molar-refractivity contribution < 1.29 is 19.1 Å². The molecule has 4 aromatic rings. The monoisotopic (exact) mass is 528 g/mol. The molecule has 3 heterocycles. The van der Waals surface area contributed by atoms with E-state index in [1.54, 1.807) is 35.4 Å². The van der Waals surface area contributed by atoms with Crippen LogP contribution in [0.2, 0.25) is 0 Å². The lowest BCUT2D eigenvalue weighted by Gasteiger charge is -2.34. The van der Waals surface area contributed by atoms with Crippen molar-refractivity contribution in [3.05, 3.63) is 66.0 Å². The first-order chi connectivity index (χ1) is 18.7. The number of carbonyl (C=O) groups is 3. The van der Waals surface area contributed by atoms with Crippen LogP contribution in [-0.4, -0.2) is 63.0 Å². The number of anilines is 1. The van der Waals surface area contributed by atoms with Crippen LogP contribution in [0.15, 0.2) is 54.7 Å². The van der Waals surface area contributed by atoms with Crippen molar-refractivity contribution in [1.82, 2.24) is 25.2 Å². The summed E-state index contributed by atoms with van der Waals surface area (Å²) in [6.07, 6.45) is 3.09. The van der Waals surface area contributed by atoms with Crippen LogP contribution >= 0.6 is 0 Å². The lowest BCUT2D eigenvalue weighted by molar-refractivity contribution is 0.0167. The summed E-state index contributed by atoms with van der Waals surface area (Å²) >= 11 is 0. The van der Waals surface area contributed by atoms with Crippen molar-refractivity contribution in [2.45, 2.75) is 39.2 Å². The minimum atomic E-state index is -0.551. The van der Waals surface area contributed by atoms with Gasteiger partial charge in [-0.3, -0.25) is 19.9 Å². The Balaban J connectivity index is 1.24. The average Bonchev–Trinajstić information content (AvgIpc) is 3.33. The molecule has 1 atom stereocenters. The van der Waals surface area contributed by atoms with Crippen LogP contribution in [0.3, 0.4) is 0 Å². The predicted octanol–water partition coefficient (Wildman–Crippen LogP) is 4.74. The molecule has 0 bridgehead atoms. The molecule has 1 unspecified atom stereocenters. The number of carbonyl (C=O) groups excluding carboxylic acids is 3. The first-order valence-electron chi connectivity index (χ1n) is 13.1. The maximum absolute atomic E-state index is 13.1. The smallest absolute Gasteiger partial charge is 0.410 e. The molecular weight excluding hydrogens is 496 g/mol. The van der Waals surface area contributed by atoms with Crippen molar-refractivity contribution in [3.8, 4) is 0 Å². The largest absolute Gasteiger partial charge is 0.444 e. The molecule has 1 fully saturated rings. The number of piperidine rings is 1. The highest BCUT2D eigenvalue weighted by Crippen LogP contribution is 2.22. The molecule has 10 heteroatoms. The molecule has 3 amide bonds. The van der Waals surface area contributed by atoms with Gasteiger partial charge in [0.15, 0.2) is 0 Å². The highest BCUT2D eigenvalue weighted by atomic mass is 16.6. The minimum Gasteiger partial charge on any atom is -0.444 e. The molecule has 0 aliphatic carbocycles. The highest BCUT2D eigenvalue weighted by Gasteiger charge is 2.28. The third-order valence-corrected chi connectivity index (χ3v) is 6.57. The quantitative estimate of drug-likeness (QED) is 0.343. The molecule has 0 saturated carbocycles. The van der Waals surface area contributed by atoms with Gasteiger partial charge in [-0.25, -0.2) is 9.78 Å². The zero-order chi connectivity index (χ0) is 27.6. The maximum Gasteiger partial charge on any atom is 0.410 e. The molecule has 1 saturated heterocycles. The van der Waals surface area contributed by atoms with Gasteiger partial charge in [0.25, 0.3) is 11.8 Å². The third-order valence-electron chi connectivity index (χ3n) is 6.57. The number of aromatic amines is 1. The van der Waals surface area contributed by atoms with E-state index in [1.165, 1.54) is 0 Å². The number of fused-ring (bicyclic) bond motifs is 2. The Bertz CT molecular complexity index is 1540. The molecule has 10 nitrogen and oxygen atoms in total. The molecule has 39 heavy (non-hydrogen) atoms. The number of benzene rings is 2. The number of aromatic nitrogens is 3. The van der Waals surface area contributed by atoms with Gasteiger partial charge in [0, 0.05) is 31.2 Å². The minimum absolute atomic E-state index is 0.123. The number of nitrogens with one attached hydrogen (secondary N) is 3. The number of para-hydroxylation sites is 1. The summed E-state index contributed by atoms with van der Waals surface area (Å²) < 4.78 is 5.50. The van der Waals surface area contributed by atoms with E-state index in [4.69, 9.17) is 4.74 Å². The Morgan fingerprint density at radius 3 is 2.67 bits per heavy atom. The van der Waals surface area contributed by atoms with Gasteiger partial charge in [0.05, 0.1) is 11.1 Å². The van der Waals surface area contributed by atoms with Gasteiger partial charge in [-0.2, -0.15) is 0 Å². The van der Waals surface area contributed by atoms with Gasteiger partial charge in [0.1, 0.15) is 16.8 Å². The topological polar surface area (TPSA) is 129 Å². The number of ether oxygens (including phenoxy) is 1. The number of H-pyrrole nitrogens is 1. The zero-order valence-electron chi connectivity index (χ0n) is 22.3. The van der Waals surface area contributed by atoms with E-state index in [0.29, 0.717) is 36.2 Å². The Morgan fingerprint density at radius 1 is 1.08 bits per heavy atom. The molecule has 1 aliphatic heterocycles. The summed E-state index contributed by atoms with van der Waals surface area (Å²) in [5.74, 6) is -0.323. The number of imidazole rings is 1. The molecular formula is C29H32N6O4. The van der Waals surface area contributed by atoms with E-state index in [-0.39, 0.29) is 29.6 Å². The van der Waals surface area contributed by atoms with E-state index < -0.39 is 11.5 Å². The zero-order valence-corrected chi connectivity index (χ0v) is 22.3. The van der Waals surface area contributed by atoms with Crippen LogP contribution < -0.4 is 10.6 Å². The van der Waals surface area contributed by atoms with Crippen LogP contribution in [0.5, 0.6) is 0 Å². The Morgan fingerprint density at radius 2 is 1.87 bits per heavy atom. The fraction of sp³-hybridized carbons (Fsp3) is 0.345. The molecule has 2 aromatic carbocycles. The van der Waals surface area contributed by atoms with Gasteiger partial charge in [0.2, 0.25) is 5.95 Å². The van der Waals surface area contributed by atoms with E-state index >= 15 is 0 Å². The summed E-state index contributed by atoms with van der Waals surface area (Å²) in [7, 11) is 0. The van der Waals surface area contributed by atoms with Crippen molar-refractivity contribution in [2.75, 3.05) is 25.0 Å². The van der Waals surface area contributed by atoms with E-state index in [2.05, 4.69) is 25.6 Å². The van der Waals surface area contributed by atoms with Crippen LogP contribution in [0.1, 0.15) is 54.5 Å². The first-order valence-corrected chi connectivity index (χ1v) is 13.1. The van der Waals surface area contributed by atoms with Gasteiger partial charge >= 0.3 is 6.09 Å². The fourth-order valence-corrected chi connectivity index (χ4v) is 4.71. The number of rotatable bonds is 5. The number of nitrogens with zero attached hydrogens (tertiary/aromatic N) is 3. The van der Waals surface area contributed by atoms with E-state index in [1.807, 2.05) is 45.0 Å². The van der Waals surface area contributed by atoms with E-state index in [9.17, 15) is 14.4 Å². The van der Waals surface area contributed by atoms with Gasteiger partial charge in [-0.15, -0.1) is 0 Å². The molecule has 1 aliphatic rings. The number of hydrogen-bond donors (Lipinski definition) is 3. The second-order valence-electron chi connectivity index (χ2n) is 10.8. The van der Waals surface area contributed by atoms with Gasteiger partial charge in [-0.1, -0.05) is 30.3 Å². The van der Waals surface area contributed by atoms with Crippen LogP contribution in [-0.2, 0) is 4.74 Å². The number of pyridine rings is 1. The van der Waals surface area contributed by atoms with Crippen LogP contribution in [0, 0.1) is 5.92 Å². The number of hydrogen-bond acceptors (Lipinski definition) is 6. The maximum atomic E-state index is 13.1. The van der Waals surface area contributed by atoms with Gasteiger partial charge in [-0.05, 0) is 63.1 Å². The van der Waals surface area contributed by atoms with Gasteiger partial charge < -0.3 is 19.9 Å². The molecule has 0 spiro atoms. The summed E-state index contributed by atoms with van der Waals surface area (Å²) in [4.78, 5) is 51.9. The first kappa shape index (κ1) is 26.1. The second-order valence-corrected chi connectivity index (χ2v) is 10.8. The normalized spacial score (nSPS) is 15.8. The predicted molar refractivity (Wildman–Crippen MR) is 149 cm³/mol. The standard InChI is InChI=1S/C29H32N6O4/c1-29(2,3)39-28(38)35-13-7-8-18(17-35)15-31-25(36)21-11-6-12-22-24(21)33-27(32-22)34-26(37)23-14-19-9-4-5-10-20(19)16-30-23/h4-6,9-12,14,16,18H,7-8,13,15,17H2,1-3H3,(H,31,36)(H2,32,33,34,37). The Hall–Kier alpha value is -4.47. The lowest BCUT2D eigenvalue weighted by atomic mass is 9.98. The highest BCUT2D eigenvalue weighted by molar-refractivity contribution is 6.07. The van der Waals surface area contributed by atoms with Crippen molar-refractivity contribution in [2.24, 2.45) is 5.92 Å². The summed E-state index contributed by atoms with van der Waals surface area (Å²) in [6, 6.07) is 14.6. The molecule has 3 N–H and O–H groups in total. The Labute approximate surface area is 226 Å². The molecule has 0 radical (unpaired) electrons. The lowest BCUT2D eigenvalue weighted by Crippen LogP contribution is -2.45. The van der Waals surface area contributed by atoms with Crippen molar-refractivity contribution >= 4 is 45.7 Å². The van der Waals surface area contributed by atoms with Crippen molar-refractivity contribution in [1.29, 1.82) is 0 Å². The van der Waals surface area contributed by atoms with Crippen LogP contribution in [0.4, 0.5) is 10.7 Å². The summed E-state index contributed by atoms with van der Waals surface area (Å²) in [5, 5.41) is 7.59.